The van der Waals surface area contributed by atoms with Gasteiger partial charge >= 0.3 is 0 Å². The lowest BCUT2D eigenvalue weighted by Crippen LogP contribution is -2.52. The third-order valence-electron chi connectivity index (χ3n) is 3.90. The second-order valence-corrected chi connectivity index (χ2v) is 5.30. The molecule has 0 radical (unpaired) electrons. The molecule has 21 heavy (non-hydrogen) atoms. The zero-order valence-electron chi connectivity index (χ0n) is 11.7. The van der Waals surface area contributed by atoms with Crippen LogP contribution < -0.4 is 11.1 Å². The SMILES string of the molecule is Cl.NCC1(NC(=O)Cc2ccccc2[N+](=O)[O-])CCCC1. The van der Waals surface area contributed by atoms with Crippen molar-refractivity contribution in [1.29, 1.82) is 0 Å². The number of halogens is 1. The van der Waals surface area contributed by atoms with Crippen molar-refractivity contribution in [2.24, 2.45) is 5.73 Å². The van der Waals surface area contributed by atoms with Crippen LogP contribution in [-0.4, -0.2) is 22.9 Å². The van der Waals surface area contributed by atoms with Gasteiger partial charge in [-0.15, -0.1) is 12.4 Å². The number of nitrogens with two attached hydrogens (primary N) is 1. The van der Waals surface area contributed by atoms with Gasteiger partial charge in [0.15, 0.2) is 0 Å². The summed E-state index contributed by atoms with van der Waals surface area (Å²) >= 11 is 0. The molecule has 1 fully saturated rings. The summed E-state index contributed by atoms with van der Waals surface area (Å²) in [5.41, 5.74) is 5.86. The number of nitro benzene ring substituents is 1. The second kappa shape index (κ2) is 7.38. The molecule has 6 nitrogen and oxygen atoms in total. The fourth-order valence-electron chi connectivity index (χ4n) is 2.78. The zero-order chi connectivity index (χ0) is 14.6. The fourth-order valence-corrected chi connectivity index (χ4v) is 2.78. The van der Waals surface area contributed by atoms with Crippen molar-refractivity contribution in [2.45, 2.75) is 37.6 Å². The van der Waals surface area contributed by atoms with Gasteiger partial charge in [0, 0.05) is 18.2 Å². The second-order valence-electron chi connectivity index (χ2n) is 5.30. The third kappa shape index (κ3) is 4.15. The molecule has 1 amide bonds. The maximum Gasteiger partial charge on any atom is 0.273 e. The van der Waals surface area contributed by atoms with E-state index in [1.807, 2.05) is 0 Å². The molecular formula is C14H20ClN3O3. The Balaban J connectivity index is 0.00000220. The van der Waals surface area contributed by atoms with Gasteiger partial charge in [-0.1, -0.05) is 31.0 Å². The van der Waals surface area contributed by atoms with Gasteiger partial charge in [0.25, 0.3) is 5.69 Å². The third-order valence-corrected chi connectivity index (χ3v) is 3.90. The maximum atomic E-state index is 12.1. The summed E-state index contributed by atoms with van der Waals surface area (Å²) in [7, 11) is 0. The van der Waals surface area contributed by atoms with Gasteiger partial charge in [-0.05, 0) is 12.8 Å². The van der Waals surface area contributed by atoms with Crippen LogP contribution in [0, 0.1) is 10.1 Å². The smallest absolute Gasteiger partial charge is 0.273 e. The summed E-state index contributed by atoms with van der Waals surface area (Å²) in [6, 6.07) is 6.32. The highest BCUT2D eigenvalue weighted by molar-refractivity contribution is 5.85. The molecule has 0 heterocycles. The molecule has 3 N–H and O–H groups in total. The highest BCUT2D eigenvalue weighted by atomic mass is 35.5. The summed E-state index contributed by atoms with van der Waals surface area (Å²) < 4.78 is 0. The van der Waals surface area contributed by atoms with Crippen LogP contribution in [0.5, 0.6) is 0 Å². The first kappa shape index (κ1) is 17.4. The molecule has 0 atom stereocenters. The molecule has 1 aliphatic carbocycles. The molecule has 0 aliphatic heterocycles. The van der Waals surface area contributed by atoms with Crippen LogP contribution in [-0.2, 0) is 11.2 Å². The lowest BCUT2D eigenvalue weighted by Gasteiger charge is -2.28. The molecule has 0 saturated heterocycles. The Kier molecular flexibility index (Phi) is 6.11. The molecule has 1 aliphatic rings. The monoisotopic (exact) mass is 313 g/mol. The number of nitro groups is 1. The topological polar surface area (TPSA) is 98.3 Å². The molecule has 0 aromatic heterocycles. The van der Waals surface area contributed by atoms with Gasteiger partial charge < -0.3 is 11.1 Å². The van der Waals surface area contributed by atoms with Crippen molar-refractivity contribution < 1.29 is 9.72 Å². The van der Waals surface area contributed by atoms with Gasteiger partial charge in [0.2, 0.25) is 5.91 Å². The number of para-hydroxylation sites is 1. The van der Waals surface area contributed by atoms with Gasteiger partial charge in [-0.2, -0.15) is 0 Å². The van der Waals surface area contributed by atoms with Crippen molar-refractivity contribution in [1.82, 2.24) is 5.32 Å². The van der Waals surface area contributed by atoms with E-state index in [-0.39, 0.29) is 36.0 Å². The quantitative estimate of drug-likeness (QED) is 0.641. The predicted molar refractivity (Wildman–Crippen MR) is 82.4 cm³/mol. The van der Waals surface area contributed by atoms with Gasteiger partial charge in [-0.3, -0.25) is 14.9 Å². The van der Waals surface area contributed by atoms with Crippen LogP contribution in [0.1, 0.15) is 31.2 Å². The lowest BCUT2D eigenvalue weighted by atomic mass is 9.97. The van der Waals surface area contributed by atoms with Crippen LogP contribution in [0.3, 0.4) is 0 Å². The van der Waals surface area contributed by atoms with E-state index in [1.54, 1.807) is 18.2 Å². The Hall–Kier alpha value is -1.66. The Morgan fingerprint density at radius 2 is 1.95 bits per heavy atom. The normalized spacial score (nSPS) is 16.0. The van der Waals surface area contributed by atoms with Crippen LogP contribution in [0.15, 0.2) is 24.3 Å². The van der Waals surface area contributed by atoms with Crippen LogP contribution >= 0.6 is 12.4 Å². The minimum atomic E-state index is -0.461. The fraction of sp³-hybridized carbons (Fsp3) is 0.500. The number of rotatable bonds is 5. The minimum absolute atomic E-state index is 0. The summed E-state index contributed by atoms with van der Waals surface area (Å²) in [4.78, 5) is 22.6. The van der Waals surface area contributed by atoms with E-state index in [0.717, 1.165) is 25.7 Å². The number of amides is 1. The van der Waals surface area contributed by atoms with Crippen LogP contribution in [0.4, 0.5) is 5.69 Å². The molecule has 0 spiro atoms. The first-order valence-electron chi connectivity index (χ1n) is 6.80. The Bertz CT molecular complexity index is 516. The van der Waals surface area contributed by atoms with E-state index in [2.05, 4.69) is 5.32 Å². The average molecular weight is 314 g/mol. The van der Waals surface area contributed by atoms with Crippen molar-refractivity contribution in [3.8, 4) is 0 Å². The first-order chi connectivity index (χ1) is 9.56. The highest BCUT2D eigenvalue weighted by Crippen LogP contribution is 2.29. The van der Waals surface area contributed by atoms with E-state index >= 15 is 0 Å². The standard InChI is InChI=1S/C14H19N3O3.ClH/c15-10-14(7-3-4-8-14)16-13(18)9-11-5-1-2-6-12(11)17(19)20;/h1-2,5-6H,3-4,7-10,15H2,(H,16,18);1H. The van der Waals surface area contributed by atoms with Gasteiger partial charge in [-0.25, -0.2) is 0 Å². The number of carbonyl (C=O) groups is 1. The summed E-state index contributed by atoms with van der Waals surface area (Å²) in [5.74, 6) is -0.202. The molecule has 7 heteroatoms. The van der Waals surface area contributed by atoms with Crippen molar-refractivity contribution in [2.75, 3.05) is 6.54 Å². The number of nitrogens with zero attached hydrogens (tertiary/aromatic N) is 1. The first-order valence-corrected chi connectivity index (χ1v) is 6.80. The highest BCUT2D eigenvalue weighted by Gasteiger charge is 2.34. The molecular weight excluding hydrogens is 294 g/mol. The van der Waals surface area contributed by atoms with E-state index in [0.29, 0.717) is 12.1 Å². The number of nitrogens with one attached hydrogen (secondary N) is 1. The van der Waals surface area contributed by atoms with E-state index < -0.39 is 4.92 Å². The molecule has 1 saturated carbocycles. The Morgan fingerprint density at radius 1 is 1.33 bits per heavy atom. The number of hydrogen-bond acceptors (Lipinski definition) is 4. The summed E-state index contributed by atoms with van der Waals surface area (Å²) in [6.07, 6.45) is 3.89. The number of carbonyl (C=O) groups excluding carboxylic acids is 1. The predicted octanol–water partition coefficient (Wildman–Crippen LogP) is 1.95. The molecule has 0 bridgehead atoms. The summed E-state index contributed by atoms with van der Waals surface area (Å²) in [5, 5.41) is 13.9. The van der Waals surface area contributed by atoms with Crippen molar-refractivity contribution >= 4 is 24.0 Å². The molecule has 1 aromatic carbocycles. The molecule has 116 valence electrons. The lowest BCUT2D eigenvalue weighted by molar-refractivity contribution is -0.385. The minimum Gasteiger partial charge on any atom is -0.349 e. The molecule has 1 aromatic rings. The number of benzene rings is 1. The molecule has 0 unspecified atom stereocenters. The van der Waals surface area contributed by atoms with E-state index in [4.69, 9.17) is 5.73 Å². The van der Waals surface area contributed by atoms with Crippen molar-refractivity contribution in [3.05, 3.63) is 39.9 Å². The van der Waals surface area contributed by atoms with E-state index in [1.165, 1.54) is 6.07 Å². The average Bonchev–Trinajstić information content (AvgIpc) is 2.88. The van der Waals surface area contributed by atoms with Crippen LogP contribution in [0.2, 0.25) is 0 Å². The van der Waals surface area contributed by atoms with Crippen molar-refractivity contribution in [3.63, 3.8) is 0 Å². The Morgan fingerprint density at radius 3 is 2.52 bits per heavy atom. The van der Waals surface area contributed by atoms with Gasteiger partial charge in [0.05, 0.1) is 16.9 Å². The van der Waals surface area contributed by atoms with E-state index in [9.17, 15) is 14.9 Å². The maximum absolute atomic E-state index is 12.1. The largest absolute Gasteiger partial charge is 0.349 e. The Labute approximate surface area is 129 Å². The van der Waals surface area contributed by atoms with Crippen LogP contribution in [0.25, 0.3) is 0 Å². The molecule has 2 rings (SSSR count). The zero-order valence-corrected chi connectivity index (χ0v) is 12.5. The summed E-state index contributed by atoms with van der Waals surface area (Å²) in [6.45, 7) is 0.412. The number of hydrogen-bond donors (Lipinski definition) is 2. The van der Waals surface area contributed by atoms with Gasteiger partial charge in [0.1, 0.15) is 0 Å².